The zero-order valence-corrected chi connectivity index (χ0v) is 14.3. The Bertz CT molecular complexity index is 673. The standard InChI is InChI=1S/C15H11Br2ClO2/c16-9-5-8-3-4-20-15(8)12(6-9)14(19)11-2-1-10(18)7-13(11)17/h1-2,5-7,14,19H,3-4H2. The Morgan fingerprint density at radius 1 is 1.15 bits per heavy atom. The van der Waals surface area contributed by atoms with Gasteiger partial charge in [0.1, 0.15) is 11.9 Å². The van der Waals surface area contributed by atoms with Gasteiger partial charge in [0.15, 0.2) is 0 Å². The number of ether oxygens (including phenoxy) is 1. The first-order valence-electron chi connectivity index (χ1n) is 6.14. The van der Waals surface area contributed by atoms with Crippen molar-refractivity contribution in [2.45, 2.75) is 12.5 Å². The normalized spacial score (nSPS) is 14.8. The Kier molecular flexibility index (Phi) is 4.09. The minimum atomic E-state index is -0.758. The van der Waals surface area contributed by atoms with E-state index in [9.17, 15) is 5.11 Å². The van der Waals surface area contributed by atoms with E-state index in [2.05, 4.69) is 31.9 Å². The molecular weight excluding hydrogens is 407 g/mol. The van der Waals surface area contributed by atoms with Crippen LogP contribution in [0.4, 0.5) is 0 Å². The van der Waals surface area contributed by atoms with Crippen LogP contribution in [0.3, 0.4) is 0 Å². The lowest BCUT2D eigenvalue weighted by Crippen LogP contribution is -2.03. The summed E-state index contributed by atoms with van der Waals surface area (Å²) in [6.07, 6.45) is 0.113. The number of rotatable bonds is 2. The third kappa shape index (κ3) is 2.62. The van der Waals surface area contributed by atoms with E-state index in [1.54, 1.807) is 12.1 Å². The summed E-state index contributed by atoms with van der Waals surface area (Å²) in [5.74, 6) is 0.794. The second-order valence-electron chi connectivity index (χ2n) is 4.65. The van der Waals surface area contributed by atoms with Gasteiger partial charge < -0.3 is 9.84 Å². The summed E-state index contributed by atoms with van der Waals surface area (Å²) in [6, 6.07) is 9.30. The van der Waals surface area contributed by atoms with Crippen LogP contribution >= 0.6 is 43.5 Å². The number of hydrogen-bond acceptors (Lipinski definition) is 2. The molecule has 2 aromatic carbocycles. The number of hydrogen-bond donors (Lipinski definition) is 1. The molecule has 0 bridgehead atoms. The minimum absolute atomic E-state index is 0.628. The Morgan fingerprint density at radius 2 is 1.95 bits per heavy atom. The van der Waals surface area contributed by atoms with E-state index < -0.39 is 6.10 Å². The summed E-state index contributed by atoms with van der Waals surface area (Å²) in [5.41, 5.74) is 2.67. The molecule has 104 valence electrons. The first-order valence-corrected chi connectivity index (χ1v) is 8.11. The first-order chi connectivity index (χ1) is 9.56. The molecule has 0 amide bonds. The first kappa shape index (κ1) is 14.4. The van der Waals surface area contributed by atoms with Crippen LogP contribution in [0.1, 0.15) is 22.8 Å². The molecule has 2 aromatic rings. The molecule has 0 fully saturated rings. The van der Waals surface area contributed by atoms with Gasteiger partial charge in [0.2, 0.25) is 0 Å². The van der Waals surface area contributed by atoms with Gasteiger partial charge in [-0.2, -0.15) is 0 Å². The largest absolute Gasteiger partial charge is 0.493 e. The Labute approximate surface area is 139 Å². The average Bonchev–Trinajstić information content (AvgIpc) is 2.85. The fourth-order valence-corrected chi connectivity index (χ4v) is 3.81. The summed E-state index contributed by atoms with van der Waals surface area (Å²) in [4.78, 5) is 0. The molecule has 5 heteroatoms. The Morgan fingerprint density at radius 3 is 2.70 bits per heavy atom. The van der Waals surface area contributed by atoms with Crippen LogP contribution in [-0.2, 0) is 6.42 Å². The highest BCUT2D eigenvalue weighted by Gasteiger charge is 2.24. The molecule has 3 rings (SSSR count). The summed E-state index contributed by atoms with van der Waals surface area (Å²) in [5, 5.41) is 11.3. The van der Waals surface area contributed by atoms with E-state index in [-0.39, 0.29) is 0 Å². The third-order valence-corrected chi connectivity index (χ3v) is 4.71. The second-order valence-corrected chi connectivity index (χ2v) is 6.86. The van der Waals surface area contributed by atoms with Crippen LogP contribution in [-0.4, -0.2) is 11.7 Å². The Hall–Kier alpha value is -0.550. The van der Waals surface area contributed by atoms with E-state index in [1.165, 1.54) is 0 Å². The van der Waals surface area contributed by atoms with Crippen LogP contribution in [0.25, 0.3) is 0 Å². The number of fused-ring (bicyclic) bond motifs is 1. The highest BCUT2D eigenvalue weighted by Crippen LogP contribution is 2.40. The van der Waals surface area contributed by atoms with Crippen LogP contribution in [0, 0.1) is 0 Å². The van der Waals surface area contributed by atoms with E-state index in [4.69, 9.17) is 16.3 Å². The van der Waals surface area contributed by atoms with Gasteiger partial charge in [-0.15, -0.1) is 0 Å². The minimum Gasteiger partial charge on any atom is -0.493 e. The molecule has 0 radical (unpaired) electrons. The van der Waals surface area contributed by atoms with Crippen molar-refractivity contribution in [3.05, 3.63) is 61.0 Å². The van der Waals surface area contributed by atoms with Crippen LogP contribution in [0.15, 0.2) is 39.3 Å². The van der Waals surface area contributed by atoms with Gasteiger partial charge in [-0.25, -0.2) is 0 Å². The maximum absolute atomic E-state index is 10.7. The molecule has 0 saturated carbocycles. The molecule has 2 nitrogen and oxygen atoms in total. The van der Waals surface area contributed by atoms with Crippen molar-refractivity contribution >= 4 is 43.5 Å². The van der Waals surface area contributed by atoms with Crippen molar-refractivity contribution in [2.75, 3.05) is 6.61 Å². The van der Waals surface area contributed by atoms with Crippen molar-refractivity contribution in [1.82, 2.24) is 0 Å². The van der Waals surface area contributed by atoms with Crippen molar-refractivity contribution in [3.63, 3.8) is 0 Å². The van der Waals surface area contributed by atoms with Gasteiger partial charge in [-0.05, 0) is 35.4 Å². The average molecular weight is 419 g/mol. The predicted octanol–water partition coefficient (Wildman–Crippen LogP) is 4.88. The van der Waals surface area contributed by atoms with E-state index in [0.717, 1.165) is 37.8 Å². The lowest BCUT2D eigenvalue weighted by atomic mass is 9.98. The van der Waals surface area contributed by atoms with Gasteiger partial charge in [0.25, 0.3) is 0 Å². The fraction of sp³-hybridized carbons (Fsp3) is 0.200. The summed E-state index contributed by atoms with van der Waals surface area (Å²) in [6.45, 7) is 0.660. The van der Waals surface area contributed by atoms with Gasteiger partial charge >= 0.3 is 0 Å². The maximum Gasteiger partial charge on any atom is 0.128 e. The molecule has 0 aromatic heterocycles. The molecule has 1 aliphatic rings. The zero-order chi connectivity index (χ0) is 14.3. The van der Waals surface area contributed by atoms with Gasteiger partial charge in [-0.1, -0.05) is 49.5 Å². The fourth-order valence-electron chi connectivity index (χ4n) is 2.39. The number of aliphatic hydroxyl groups is 1. The molecule has 20 heavy (non-hydrogen) atoms. The SMILES string of the molecule is OC(c1ccc(Cl)cc1Br)c1cc(Br)cc2c1OCC2. The van der Waals surface area contributed by atoms with Crippen molar-refractivity contribution in [1.29, 1.82) is 0 Å². The van der Waals surface area contributed by atoms with Gasteiger partial charge in [0.05, 0.1) is 6.61 Å². The number of halogens is 3. The smallest absolute Gasteiger partial charge is 0.128 e. The highest BCUT2D eigenvalue weighted by atomic mass is 79.9. The molecule has 0 aliphatic carbocycles. The highest BCUT2D eigenvalue weighted by molar-refractivity contribution is 9.10. The predicted molar refractivity (Wildman–Crippen MR) is 86.6 cm³/mol. The topological polar surface area (TPSA) is 29.5 Å². The number of benzene rings is 2. The summed E-state index contributed by atoms with van der Waals surface area (Å²) in [7, 11) is 0. The molecular formula is C15H11Br2ClO2. The lowest BCUT2D eigenvalue weighted by molar-refractivity contribution is 0.213. The quantitative estimate of drug-likeness (QED) is 0.753. The zero-order valence-electron chi connectivity index (χ0n) is 10.4. The monoisotopic (exact) mass is 416 g/mol. The Balaban J connectivity index is 2.09. The molecule has 1 unspecified atom stereocenters. The van der Waals surface area contributed by atoms with Crippen molar-refractivity contribution < 1.29 is 9.84 Å². The van der Waals surface area contributed by atoms with Crippen LogP contribution in [0.5, 0.6) is 5.75 Å². The van der Waals surface area contributed by atoms with E-state index in [0.29, 0.717) is 11.6 Å². The third-order valence-electron chi connectivity index (χ3n) is 3.33. The number of aliphatic hydroxyl groups excluding tert-OH is 1. The van der Waals surface area contributed by atoms with Crippen LogP contribution < -0.4 is 4.74 Å². The van der Waals surface area contributed by atoms with Crippen molar-refractivity contribution in [3.8, 4) is 5.75 Å². The molecule has 1 N–H and O–H groups in total. The molecule has 1 heterocycles. The van der Waals surface area contributed by atoms with E-state index >= 15 is 0 Å². The van der Waals surface area contributed by atoms with Crippen molar-refractivity contribution in [2.24, 2.45) is 0 Å². The summed E-state index contributed by atoms with van der Waals surface area (Å²) < 4.78 is 7.40. The summed E-state index contributed by atoms with van der Waals surface area (Å²) >= 11 is 12.9. The van der Waals surface area contributed by atoms with Gasteiger partial charge in [-0.3, -0.25) is 0 Å². The molecule has 0 spiro atoms. The molecule has 1 aliphatic heterocycles. The lowest BCUT2D eigenvalue weighted by Gasteiger charge is -2.17. The van der Waals surface area contributed by atoms with E-state index in [1.807, 2.05) is 18.2 Å². The second kappa shape index (κ2) is 5.68. The maximum atomic E-state index is 10.7. The van der Waals surface area contributed by atoms with Crippen LogP contribution in [0.2, 0.25) is 5.02 Å². The molecule has 0 saturated heterocycles. The molecule has 1 atom stereocenters. The van der Waals surface area contributed by atoms with Gasteiger partial charge in [0, 0.05) is 26.0 Å².